The van der Waals surface area contributed by atoms with E-state index in [1.54, 1.807) is 23.1 Å². The number of carbonyl (C=O) groups excluding carboxylic acids is 1. The molecule has 6 heteroatoms. The van der Waals surface area contributed by atoms with E-state index in [1.165, 1.54) is 24.1 Å². The van der Waals surface area contributed by atoms with Gasteiger partial charge >= 0.3 is 6.09 Å². The first kappa shape index (κ1) is 28.0. The van der Waals surface area contributed by atoms with Crippen LogP contribution in [0.25, 0.3) is 11.1 Å². The van der Waals surface area contributed by atoms with Crippen molar-refractivity contribution in [1.29, 1.82) is 0 Å². The van der Waals surface area contributed by atoms with Crippen molar-refractivity contribution in [2.24, 2.45) is 0 Å². The first-order valence-corrected chi connectivity index (χ1v) is 14.8. The molecule has 1 amide bonds. The number of hydrogen-bond donors (Lipinski definition) is 1. The fraction of sp³-hybridized carbons (Fsp3) is 0.306. The third-order valence-electron chi connectivity index (χ3n) is 8.42. The van der Waals surface area contributed by atoms with Gasteiger partial charge in [0.2, 0.25) is 0 Å². The number of benzene rings is 4. The van der Waals surface area contributed by atoms with E-state index in [0.717, 1.165) is 42.4 Å². The Morgan fingerprint density at radius 1 is 0.905 bits per heavy atom. The Morgan fingerprint density at radius 2 is 1.64 bits per heavy atom. The lowest BCUT2D eigenvalue weighted by atomic mass is 9.92. The number of phenolic OH excluding ortho intramolecular Hbond substituents is 1. The minimum atomic E-state index is -0.491. The van der Waals surface area contributed by atoms with Gasteiger partial charge in [0.05, 0.1) is 12.2 Å². The van der Waals surface area contributed by atoms with E-state index < -0.39 is 18.2 Å². The summed E-state index contributed by atoms with van der Waals surface area (Å²) in [4.78, 5) is 14.8. The Morgan fingerprint density at radius 3 is 2.36 bits per heavy atom. The van der Waals surface area contributed by atoms with Gasteiger partial charge in [0.15, 0.2) is 0 Å². The average molecular weight is 566 g/mol. The molecule has 2 fully saturated rings. The summed E-state index contributed by atoms with van der Waals surface area (Å²) in [6, 6.07) is 29.4. The predicted molar refractivity (Wildman–Crippen MR) is 162 cm³/mol. The smallest absolute Gasteiger partial charge is 0.415 e. The standard InChI is InChI=1S/C36H36FNO4/c1-24-7-5-11-33(41-24)27-17-15-26(16-18-27)28-19-22-31(32(39)23-28)35-34(12-6-8-25-13-20-29(37)21-14-25)42-36(40)38(35)30-9-3-2-4-10-30/h2-4,9-10,13-24,33-35,39H,5-8,11-12H2,1H3. The van der Waals surface area contributed by atoms with E-state index in [-0.39, 0.29) is 23.8 Å². The van der Waals surface area contributed by atoms with Gasteiger partial charge in [0.1, 0.15) is 23.7 Å². The zero-order valence-corrected chi connectivity index (χ0v) is 23.8. The number of ether oxygens (including phenoxy) is 2. The van der Waals surface area contributed by atoms with Crippen molar-refractivity contribution in [2.75, 3.05) is 4.90 Å². The second-order valence-corrected chi connectivity index (χ2v) is 11.4. The molecule has 0 aliphatic carbocycles. The summed E-state index contributed by atoms with van der Waals surface area (Å²) in [5.41, 5.74) is 5.45. The monoisotopic (exact) mass is 565 g/mol. The molecule has 4 unspecified atom stereocenters. The normalized spacial score (nSPS) is 22.2. The molecule has 6 rings (SSSR count). The van der Waals surface area contributed by atoms with Gasteiger partial charge in [0.25, 0.3) is 0 Å². The first-order chi connectivity index (χ1) is 20.5. The number of para-hydroxylation sites is 1. The van der Waals surface area contributed by atoms with Crippen molar-refractivity contribution in [3.63, 3.8) is 0 Å². The molecule has 42 heavy (non-hydrogen) atoms. The lowest BCUT2D eigenvalue weighted by Crippen LogP contribution is -2.29. The van der Waals surface area contributed by atoms with Crippen molar-refractivity contribution in [3.8, 4) is 16.9 Å². The quantitative estimate of drug-likeness (QED) is 0.232. The molecule has 0 saturated carbocycles. The Labute approximate surface area is 246 Å². The number of amides is 1. The molecule has 0 aromatic heterocycles. The molecule has 216 valence electrons. The minimum Gasteiger partial charge on any atom is -0.508 e. The van der Waals surface area contributed by atoms with Gasteiger partial charge in [-0.05, 0) is 98.0 Å². The van der Waals surface area contributed by atoms with Crippen LogP contribution < -0.4 is 4.90 Å². The van der Waals surface area contributed by atoms with Crippen LogP contribution in [0.15, 0.2) is 97.1 Å². The Kier molecular flexibility index (Phi) is 8.24. The average Bonchev–Trinajstić information content (AvgIpc) is 3.34. The number of phenols is 1. The molecule has 0 radical (unpaired) electrons. The highest BCUT2D eigenvalue weighted by atomic mass is 19.1. The van der Waals surface area contributed by atoms with Crippen LogP contribution in [0, 0.1) is 5.82 Å². The van der Waals surface area contributed by atoms with Crippen molar-refractivity contribution in [3.05, 3.63) is 120 Å². The fourth-order valence-electron chi connectivity index (χ4n) is 6.22. The number of halogens is 1. The van der Waals surface area contributed by atoms with E-state index in [2.05, 4.69) is 31.2 Å². The SMILES string of the molecule is CC1CCCC(c2ccc(-c3ccc(C4C(CCCc5ccc(F)cc5)OC(=O)N4c4ccccc4)c(O)c3)cc2)O1. The molecule has 2 aliphatic rings. The highest BCUT2D eigenvalue weighted by Crippen LogP contribution is 2.43. The predicted octanol–water partition coefficient (Wildman–Crippen LogP) is 8.92. The van der Waals surface area contributed by atoms with Gasteiger partial charge in [-0.25, -0.2) is 9.18 Å². The van der Waals surface area contributed by atoms with E-state index in [0.29, 0.717) is 17.7 Å². The second kappa shape index (κ2) is 12.4. The van der Waals surface area contributed by atoms with Gasteiger partial charge in [-0.1, -0.05) is 66.7 Å². The molecule has 4 aromatic carbocycles. The number of cyclic esters (lactones) is 1. The Hall–Kier alpha value is -4.16. The van der Waals surface area contributed by atoms with Crippen molar-refractivity contribution in [1.82, 2.24) is 0 Å². The van der Waals surface area contributed by atoms with Crippen LogP contribution in [0.3, 0.4) is 0 Å². The van der Waals surface area contributed by atoms with Gasteiger partial charge in [-0.3, -0.25) is 4.90 Å². The summed E-state index contributed by atoms with van der Waals surface area (Å²) >= 11 is 0. The summed E-state index contributed by atoms with van der Waals surface area (Å²) in [6.07, 6.45) is 4.91. The summed E-state index contributed by atoms with van der Waals surface area (Å²) in [5.74, 6) is -0.140. The number of nitrogens with zero attached hydrogens (tertiary/aromatic N) is 1. The van der Waals surface area contributed by atoms with Crippen LogP contribution in [0.2, 0.25) is 0 Å². The van der Waals surface area contributed by atoms with E-state index in [9.17, 15) is 14.3 Å². The lowest BCUT2D eigenvalue weighted by molar-refractivity contribution is -0.0414. The molecule has 4 atom stereocenters. The second-order valence-electron chi connectivity index (χ2n) is 11.4. The highest BCUT2D eigenvalue weighted by Gasteiger charge is 2.44. The van der Waals surface area contributed by atoms with Gasteiger partial charge in [0, 0.05) is 11.3 Å². The molecule has 0 spiro atoms. The number of aromatic hydroxyl groups is 1. The number of anilines is 1. The highest BCUT2D eigenvalue weighted by molar-refractivity contribution is 5.91. The van der Waals surface area contributed by atoms with E-state index in [4.69, 9.17) is 9.47 Å². The molecular weight excluding hydrogens is 529 g/mol. The maximum atomic E-state index is 13.3. The summed E-state index contributed by atoms with van der Waals surface area (Å²) in [6.45, 7) is 2.13. The molecule has 2 heterocycles. The van der Waals surface area contributed by atoms with Gasteiger partial charge < -0.3 is 14.6 Å². The zero-order chi connectivity index (χ0) is 29.1. The third kappa shape index (κ3) is 6.04. The third-order valence-corrected chi connectivity index (χ3v) is 8.42. The molecular formula is C36H36FNO4. The van der Waals surface area contributed by atoms with Crippen molar-refractivity contribution in [2.45, 2.75) is 69.8 Å². The van der Waals surface area contributed by atoms with Crippen LogP contribution >= 0.6 is 0 Å². The van der Waals surface area contributed by atoms with Gasteiger partial charge in [-0.15, -0.1) is 0 Å². The molecule has 0 bridgehead atoms. The maximum absolute atomic E-state index is 13.3. The van der Waals surface area contributed by atoms with Crippen molar-refractivity contribution < 1.29 is 23.8 Å². The number of rotatable bonds is 8. The van der Waals surface area contributed by atoms with E-state index in [1.807, 2.05) is 42.5 Å². The fourth-order valence-corrected chi connectivity index (χ4v) is 6.22. The maximum Gasteiger partial charge on any atom is 0.415 e. The van der Waals surface area contributed by atoms with Crippen LogP contribution in [-0.2, 0) is 15.9 Å². The molecule has 1 N–H and O–H groups in total. The Bertz CT molecular complexity index is 1510. The summed E-state index contributed by atoms with van der Waals surface area (Å²) in [5, 5.41) is 11.3. The largest absolute Gasteiger partial charge is 0.508 e. The number of carbonyl (C=O) groups is 1. The molecule has 2 aliphatic heterocycles. The number of aryl methyl sites for hydroxylation is 1. The number of hydrogen-bond acceptors (Lipinski definition) is 4. The molecule has 5 nitrogen and oxygen atoms in total. The van der Waals surface area contributed by atoms with Gasteiger partial charge in [-0.2, -0.15) is 0 Å². The first-order valence-electron chi connectivity index (χ1n) is 14.8. The van der Waals surface area contributed by atoms with Crippen molar-refractivity contribution >= 4 is 11.8 Å². The van der Waals surface area contributed by atoms with Crippen LogP contribution in [0.5, 0.6) is 5.75 Å². The minimum absolute atomic E-state index is 0.119. The lowest BCUT2D eigenvalue weighted by Gasteiger charge is -2.28. The summed E-state index contributed by atoms with van der Waals surface area (Å²) in [7, 11) is 0. The topological polar surface area (TPSA) is 59.0 Å². The van der Waals surface area contributed by atoms with E-state index >= 15 is 0 Å². The van der Waals surface area contributed by atoms with Crippen LogP contribution in [-0.4, -0.2) is 23.4 Å². The van der Waals surface area contributed by atoms with Crippen LogP contribution in [0.4, 0.5) is 14.9 Å². The molecule has 2 saturated heterocycles. The molecule has 4 aromatic rings. The summed E-state index contributed by atoms with van der Waals surface area (Å²) < 4.78 is 25.4. The zero-order valence-electron chi connectivity index (χ0n) is 23.8. The Balaban J connectivity index is 1.24. The van der Waals surface area contributed by atoms with Crippen LogP contribution in [0.1, 0.15) is 67.9 Å².